The van der Waals surface area contributed by atoms with Crippen molar-refractivity contribution < 1.29 is 23.1 Å². The molecule has 33 heavy (non-hydrogen) atoms. The molecule has 2 aromatic heterocycles. The maximum absolute atomic E-state index is 13.7. The predicted octanol–water partition coefficient (Wildman–Crippen LogP) is 3.12. The molecule has 0 amide bonds. The molecule has 0 fully saturated rings. The van der Waals surface area contributed by atoms with Gasteiger partial charge in [-0.25, -0.2) is 8.78 Å². The number of pyridine rings is 1. The van der Waals surface area contributed by atoms with Gasteiger partial charge in [0.05, 0.1) is 31.3 Å². The standard InChI is InChI=1S/C24H26F2N4O3/c1-3-30-18(13-21(29-30)17-7-9-27-10-8-17)14-23(31)22(28-15-24(32)33-4-2)12-16-5-6-19(25)20(26)11-16/h5-11,13,22,28H,3-4,12,14-15H2,1-2H3/t22-/m0/s1. The third-order valence-electron chi connectivity index (χ3n) is 5.10. The van der Waals surface area contributed by atoms with Crippen molar-refractivity contribution in [2.75, 3.05) is 13.2 Å². The zero-order chi connectivity index (χ0) is 23.8. The fourth-order valence-corrected chi connectivity index (χ4v) is 3.46. The van der Waals surface area contributed by atoms with Crippen molar-refractivity contribution in [3.05, 3.63) is 71.7 Å². The molecule has 3 aromatic rings. The van der Waals surface area contributed by atoms with Gasteiger partial charge in [0.15, 0.2) is 17.4 Å². The number of hydrogen-bond donors (Lipinski definition) is 1. The summed E-state index contributed by atoms with van der Waals surface area (Å²) in [4.78, 5) is 29.0. The molecule has 3 rings (SSSR count). The van der Waals surface area contributed by atoms with E-state index in [9.17, 15) is 18.4 Å². The number of esters is 1. The van der Waals surface area contributed by atoms with Crippen LogP contribution in [0.1, 0.15) is 25.1 Å². The van der Waals surface area contributed by atoms with Gasteiger partial charge in [0.1, 0.15) is 0 Å². The van der Waals surface area contributed by atoms with Crippen LogP contribution in [-0.4, -0.2) is 45.7 Å². The van der Waals surface area contributed by atoms with Crippen LogP contribution in [0.5, 0.6) is 0 Å². The largest absolute Gasteiger partial charge is 0.465 e. The van der Waals surface area contributed by atoms with Gasteiger partial charge < -0.3 is 4.74 Å². The second-order valence-electron chi connectivity index (χ2n) is 7.41. The molecule has 0 saturated carbocycles. The summed E-state index contributed by atoms with van der Waals surface area (Å²) in [5.74, 6) is -2.66. The van der Waals surface area contributed by atoms with Gasteiger partial charge in [-0.15, -0.1) is 0 Å². The minimum absolute atomic E-state index is 0.0517. The highest BCUT2D eigenvalue weighted by Crippen LogP contribution is 2.20. The first-order chi connectivity index (χ1) is 15.9. The molecule has 9 heteroatoms. The van der Waals surface area contributed by atoms with Crippen molar-refractivity contribution in [2.24, 2.45) is 0 Å². The molecule has 0 bridgehead atoms. The van der Waals surface area contributed by atoms with Crippen LogP contribution < -0.4 is 5.32 Å². The van der Waals surface area contributed by atoms with Crippen LogP contribution in [0.4, 0.5) is 8.78 Å². The minimum Gasteiger partial charge on any atom is -0.465 e. The number of hydrogen-bond acceptors (Lipinski definition) is 6. The summed E-state index contributed by atoms with van der Waals surface area (Å²) < 4.78 is 33.7. The lowest BCUT2D eigenvalue weighted by Gasteiger charge is -2.18. The summed E-state index contributed by atoms with van der Waals surface area (Å²) >= 11 is 0. The first-order valence-electron chi connectivity index (χ1n) is 10.7. The summed E-state index contributed by atoms with van der Waals surface area (Å²) in [7, 11) is 0. The number of nitrogens with one attached hydrogen (secondary N) is 1. The molecule has 0 saturated heterocycles. The second kappa shape index (κ2) is 11.4. The Labute approximate surface area is 190 Å². The second-order valence-corrected chi connectivity index (χ2v) is 7.41. The van der Waals surface area contributed by atoms with Gasteiger partial charge in [0.25, 0.3) is 0 Å². The molecule has 1 aromatic carbocycles. The maximum atomic E-state index is 13.7. The van der Waals surface area contributed by atoms with Gasteiger partial charge in [-0.05, 0) is 56.2 Å². The third kappa shape index (κ3) is 6.52. The number of carbonyl (C=O) groups is 2. The van der Waals surface area contributed by atoms with E-state index in [2.05, 4.69) is 15.4 Å². The van der Waals surface area contributed by atoms with E-state index in [1.165, 1.54) is 6.07 Å². The summed E-state index contributed by atoms with van der Waals surface area (Å²) in [5.41, 5.74) is 2.75. The Kier molecular flexibility index (Phi) is 8.37. The number of ketones is 1. The molecule has 0 spiro atoms. The zero-order valence-corrected chi connectivity index (χ0v) is 18.6. The maximum Gasteiger partial charge on any atom is 0.319 e. The van der Waals surface area contributed by atoms with E-state index in [-0.39, 0.29) is 31.8 Å². The number of aryl methyl sites for hydroxylation is 1. The first kappa shape index (κ1) is 24.2. The number of halogens is 2. The molecule has 174 valence electrons. The Hall–Kier alpha value is -3.46. The average Bonchev–Trinajstić information content (AvgIpc) is 3.22. The lowest BCUT2D eigenvalue weighted by molar-refractivity contribution is -0.142. The number of benzene rings is 1. The molecular weight excluding hydrogens is 430 g/mol. The molecular formula is C24H26F2N4O3. The number of aromatic nitrogens is 3. The highest BCUT2D eigenvalue weighted by Gasteiger charge is 2.23. The molecule has 1 atom stereocenters. The zero-order valence-electron chi connectivity index (χ0n) is 18.6. The Morgan fingerprint density at radius 1 is 1.09 bits per heavy atom. The van der Waals surface area contributed by atoms with Gasteiger partial charge in [-0.1, -0.05) is 6.07 Å². The predicted molar refractivity (Wildman–Crippen MR) is 118 cm³/mol. The summed E-state index contributed by atoms with van der Waals surface area (Å²) in [6.45, 7) is 4.22. The molecule has 0 unspecified atom stereocenters. The van der Waals surface area contributed by atoms with E-state index in [1.54, 1.807) is 24.0 Å². The van der Waals surface area contributed by atoms with E-state index in [0.29, 0.717) is 17.8 Å². The number of nitrogens with zero attached hydrogens (tertiary/aromatic N) is 3. The van der Waals surface area contributed by atoms with Crippen LogP contribution in [-0.2, 0) is 33.7 Å². The summed E-state index contributed by atoms with van der Waals surface area (Å²) in [6, 6.07) is 8.20. The SMILES string of the molecule is CCOC(=O)CN[C@@H](Cc1ccc(F)c(F)c1)C(=O)Cc1cc(-c2ccncc2)nn1CC. The number of Topliss-reactive ketones (excluding diaryl/α,β-unsaturated/α-hetero) is 1. The van der Waals surface area contributed by atoms with Gasteiger partial charge in [0.2, 0.25) is 0 Å². The number of carbonyl (C=O) groups excluding carboxylic acids is 2. The Morgan fingerprint density at radius 2 is 1.85 bits per heavy atom. The van der Waals surface area contributed by atoms with E-state index in [4.69, 9.17) is 4.74 Å². The van der Waals surface area contributed by atoms with Crippen molar-refractivity contribution in [1.29, 1.82) is 0 Å². The van der Waals surface area contributed by atoms with Gasteiger partial charge in [-0.3, -0.25) is 24.6 Å². The Bertz CT molecular complexity index is 1100. The third-order valence-corrected chi connectivity index (χ3v) is 5.10. The Balaban J connectivity index is 1.80. The van der Waals surface area contributed by atoms with Gasteiger partial charge in [0, 0.05) is 30.2 Å². The highest BCUT2D eigenvalue weighted by atomic mass is 19.2. The van der Waals surface area contributed by atoms with Crippen molar-refractivity contribution in [1.82, 2.24) is 20.1 Å². The van der Waals surface area contributed by atoms with Crippen LogP contribution in [0, 0.1) is 11.6 Å². The van der Waals surface area contributed by atoms with Crippen LogP contribution >= 0.6 is 0 Å². The van der Waals surface area contributed by atoms with Gasteiger partial charge >= 0.3 is 5.97 Å². The smallest absolute Gasteiger partial charge is 0.319 e. The molecule has 7 nitrogen and oxygen atoms in total. The van der Waals surface area contributed by atoms with Crippen molar-refractivity contribution in [3.63, 3.8) is 0 Å². The van der Waals surface area contributed by atoms with E-state index >= 15 is 0 Å². The summed E-state index contributed by atoms with van der Waals surface area (Å²) in [5, 5.41) is 7.47. The van der Waals surface area contributed by atoms with Crippen LogP contribution in [0.25, 0.3) is 11.3 Å². The van der Waals surface area contributed by atoms with Gasteiger partial charge in [-0.2, -0.15) is 5.10 Å². The highest BCUT2D eigenvalue weighted by molar-refractivity contribution is 5.87. The Morgan fingerprint density at radius 3 is 2.52 bits per heavy atom. The van der Waals surface area contributed by atoms with Crippen LogP contribution in [0.15, 0.2) is 48.8 Å². The fraction of sp³-hybridized carbons (Fsp3) is 0.333. The lowest BCUT2D eigenvalue weighted by atomic mass is 9.99. The minimum atomic E-state index is -0.991. The molecule has 2 heterocycles. The van der Waals surface area contributed by atoms with Crippen molar-refractivity contribution in [2.45, 2.75) is 39.3 Å². The molecule has 0 aliphatic carbocycles. The average molecular weight is 456 g/mol. The van der Waals surface area contributed by atoms with Crippen molar-refractivity contribution >= 4 is 11.8 Å². The molecule has 0 aliphatic rings. The molecule has 1 N–H and O–H groups in total. The van der Waals surface area contributed by atoms with E-state index < -0.39 is 23.6 Å². The number of ether oxygens (including phenoxy) is 1. The van der Waals surface area contributed by atoms with Crippen molar-refractivity contribution in [3.8, 4) is 11.3 Å². The monoisotopic (exact) mass is 456 g/mol. The van der Waals surface area contributed by atoms with E-state index in [1.807, 2.05) is 25.1 Å². The summed E-state index contributed by atoms with van der Waals surface area (Å²) in [6.07, 6.45) is 3.48. The van der Waals surface area contributed by atoms with Crippen LogP contribution in [0.3, 0.4) is 0 Å². The first-order valence-corrected chi connectivity index (χ1v) is 10.7. The fourth-order valence-electron chi connectivity index (χ4n) is 3.46. The van der Waals surface area contributed by atoms with Crippen LogP contribution in [0.2, 0.25) is 0 Å². The molecule has 0 radical (unpaired) electrons. The van der Waals surface area contributed by atoms with E-state index in [0.717, 1.165) is 23.4 Å². The number of rotatable bonds is 11. The normalized spacial score (nSPS) is 11.9. The lowest BCUT2D eigenvalue weighted by Crippen LogP contribution is -2.42. The molecule has 0 aliphatic heterocycles. The topological polar surface area (TPSA) is 86.1 Å². The quantitative estimate of drug-likeness (QED) is 0.446.